The smallest absolute Gasteiger partial charge is 0.340 e. The first-order valence-corrected chi connectivity index (χ1v) is 10.2. The van der Waals surface area contributed by atoms with Gasteiger partial charge in [-0.2, -0.15) is 0 Å². The van der Waals surface area contributed by atoms with E-state index in [0.29, 0.717) is 0 Å². The molecule has 3 rings (SSSR count). The van der Waals surface area contributed by atoms with Crippen molar-refractivity contribution in [2.75, 3.05) is 17.6 Å². The van der Waals surface area contributed by atoms with Gasteiger partial charge in [0, 0.05) is 6.07 Å². The van der Waals surface area contributed by atoms with Crippen LogP contribution in [-0.4, -0.2) is 21.5 Å². The van der Waals surface area contributed by atoms with Gasteiger partial charge in [0.15, 0.2) is 5.75 Å². The number of esters is 1. The number of aryl methyl sites for hydroxylation is 1. The minimum atomic E-state index is -3.95. The van der Waals surface area contributed by atoms with Gasteiger partial charge in [0.25, 0.3) is 10.0 Å². The van der Waals surface area contributed by atoms with E-state index >= 15 is 0 Å². The predicted molar refractivity (Wildman–Crippen MR) is 111 cm³/mol. The molecule has 0 spiro atoms. The van der Waals surface area contributed by atoms with Crippen LogP contribution >= 0.6 is 0 Å². The number of anilines is 2. The molecule has 0 atom stereocenters. The third kappa shape index (κ3) is 4.69. The molecule has 3 N–H and O–H groups in total. The molecule has 0 bridgehead atoms. The fraction of sp³-hybridized carbons (Fsp3) is 0.0952. The Kier molecular flexibility index (Phi) is 5.93. The highest BCUT2D eigenvalue weighted by Crippen LogP contribution is 2.31. The number of halogens is 1. The summed E-state index contributed by atoms with van der Waals surface area (Å²) < 4.78 is 51.5. The lowest BCUT2D eigenvalue weighted by molar-refractivity contribution is 0.0601. The molecule has 156 valence electrons. The largest absolute Gasteiger partial charge is 0.465 e. The van der Waals surface area contributed by atoms with Crippen LogP contribution in [0.5, 0.6) is 11.5 Å². The van der Waals surface area contributed by atoms with Crippen LogP contribution in [0.15, 0.2) is 65.6 Å². The molecule has 7 nitrogen and oxygen atoms in total. The van der Waals surface area contributed by atoms with E-state index in [1.165, 1.54) is 49.6 Å². The third-order valence-corrected chi connectivity index (χ3v) is 5.56. The van der Waals surface area contributed by atoms with Crippen molar-refractivity contribution >= 4 is 27.4 Å². The summed E-state index contributed by atoms with van der Waals surface area (Å²) >= 11 is 0. The van der Waals surface area contributed by atoms with Gasteiger partial charge in [0.2, 0.25) is 0 Å². The maximum absolute atomic E-state index is 13.5. The number of nitrogens with two attached hydrogens (primary N) is 1. The molecule has 30 heavy (non-hydrogen) atoms. The minimum absolute atomic E-state index is 0.00184. The number of hydrogen-bond acceptors (Lipinski definition) is 6. The van der Waals surface area contributed by atoms with Crippen LogP contribution in [-0.2, 0) is 14.8 Å². The van der Waals surface area contributed by atoms with Crippen molar-refractivity contribution in [1.29, 1.82) is 0 Å². The number of carbonyl (C=O) groups is 1. The molecule has 0 aliphatic carbocycles. The van der Waals surface area contributed by atoms with Gasteiger partial charge in [-0.25, -0.2) is 17.6 Å². The molecule has 0 aliphatic rings. The van der Waals surface area contributed by atoms with Crippen LogP contribution in [0.2, 0.25) is 0 Å². The second kappa shape index (κ2) is 8.42. The fourth-order valence-corrected chi connectivity index (χ4v) is 3.68. The molecule has 0 radical (unpaired) electrons. The summed E-state index contributed by atoms with van der Waals surface area (Å²) in [6.07, 6.45) is 0. The van der Waals surface area contributed by atoms with E-state index in [1.807, 2.05) is 6.92 Å². The summed E-state index contributed by atoms with van der Waals surface area (Å²) in [4.78, 5) is 12.3. The van der Waals surface area contributed by atoms with Gasteiger partial charge in [0.05, 0.1) is 28.9 Å². The van der Waals surface area contributed by atoms with Crippen molar-refractivity contribution in [1.82, 2.24) is 0 Å². The van der Waals surface area contributed by atoms with Crippen molar-refractivity contribution in [3.63, 3.8) is 0 Å². The van der Waals surface area contributed by atoms with Gasteiger partial charge in [0.1, 0.15) is 11.6 Å². The van der Waals surface area contributed by atoms with Crippen LogP contribution in [0.4, 0.5) is 15.8 Å². The van der Waals surface area contributed by atoms with E-state index in [0.717, 1.165) is 11.6 Å². The summed E-state index contributed by atoms with van der Waals surface area (Å²) in [5.41, 5.74) is 6.79. The highest BCUT2D eigenvalue weighted by molar-refractivity contribution is 7.92. The normalized spacial score (nSPS) is 11.0. The SMILES string of the molecule is COC(=O)c1cc(Oc2cc(F)ccc2N)ccc1NS(=O)(=O)c1ccc(C)cc1. The lowest BCUT2D eigenvalue weighted by atomic mass is 10.1. The molecule has 0 saturated carbocycles. The number of hydrogen-bond donors (Lipinski definition) is 2. The average Bonchev–Trinajstić information content (AvgIpc) is 2.71. The molecular formula is C21H19FN2O5S. The maximum Gasteiger partial charge on any atom is 0.340 e. The van der Waals surface area contributed by atoms with Crippen LogP contribution in [0.1, 0.15) is 15.9 Å². The quantitative estimate of drug-likeness (QED) is 0.450. The second-order valence-corrected chi connectivity index (χ2v) is 8.08. The minimum Gasteiger partial charge on any atom is -0.465 e. The summed E-state index contributed by atoms with van der Waals surface area (Å²) in [7, 11) is -2.78. The van der Waals surface area contributed by atoms with Crippen LogP contribution < -0.4 is 15.2 Å². The third-order valence-electron chi connectivity index (χ3n) is 4.18. The number of nitrogen functional groups attached to an aromatic ring is 1. The fourth-order valence-electron chi connectivity index (χ4n) is 2.60. The molecule has 3 aromatic carbocycles. The Bertz CT molecular complexity index is 1190. The molecule has 0 amide bonds. The highest BCUT2D eigenvalue weighted by Gasteiger charge is 2.20. The lowest BCUT2D eigenvalue weighted by Crippen LogP contribution is -2.16. The summed E-state index contributed by atoms with van der Waals surface area (Å²) in [5, 5.41) is 0. The number of nitrogens with one attached hydrogen (secondary N) is 1. The summed E-state index contributed by atoms with van der Waals surface area (Å²) in [6, 6.07) is 13.9. The number of carbonyl (C=O) groups excluding carboxylic acids is 1. The van der Waals surface area contributed by atoms with Crippen molar-refractivity contribution in [3.8, 4) is 11.5 Å². The van der Waals surface area contributed by atoms with E-state index in [2.05, 4.69) is 4.72 Å². The van der Waals surface area contributed by atoms with E-state index in [-0.39, 0.29) is 33.3 Å². The lowest BCUT2D eigenvalue weighted by Gasteiger charge is -2.14. The van der Waals surface area contributed by atoms with Gasteiger partial charge in [-0.15, -0.1) is 0 Å². The van der Waals surface area contributed by atoms with E-state index in [4.69, 9.17) is 15.2 Å². The van der Waals surface area contributed by atoms with Gasteiger partial charge in [-0.1, -0.05) is 17.7 Å². The van der Waals surface area contributed by atoms with Crippen molar-refractivity contribution < 1.29 is 27.1 Å². The Morgan fingerprint density at radius 1 is 1.03 bits per heavy atom. The first-order valence-electron chi connectivity index (χ1n) is 8.74. The highest BCUT2D eigenvalue weighted by atomic mass is 32.2. The zero-order valence-electron chi connectivity index (χ0n) is 16.2. The van der Waals surface area contributed by atoms with Gasteiger partial charge in [-0.05, 0) is 49.4 Å². The zero-order chi connectivity index (χ0) is 21.9. The standard InChI is InChI=1S/C21H19FN2O5S/c1-13-3-7-16(8-4-13)30(26,27)24-19-10-6-15(12-17(19)21(25)28-2)29-20-11-14(22)5-9-18(20)23/h3-12,24H,23H2,1-2H3. The molecule has 0 aliphatic heterocycles. The summed E-state index contributed by atoms with van der Waals surface area (Å²) in [6.45, 7) is 1.84. The van der Waals surface area contributed by atoms with E-state index < -0.39 is 21.8 Å². The Balaban J connectivity index is 1.96. The number of sulfonamides is 1. The number of ether oxygens (including phenoxy) is 2. The molecule has 0 fully saturated rings. The average molecular weight is 430 g/mol. The molecule has 9 heteroatoms. The monoisotopic (exact) mass is 430 g/mol. The first kappa shape index (κ1) is 21.1. The van der Waals surface area contributed by atoms with Crippen LogP contribution in [0.25, 0.3) is 0 Å². The number of benzene rings is 3. The van der Waals surface area contributed by atoms with Crippen LogP contribution in [0, 0.1) is 12.7 Å². The van der Waals surface area contributed by atoms with Gasteiger partial charge >= 0.3 is 5.97 Å². The second-order valence-electron chi connectivity index (χ2n) is 6.40. The maximum atomic E-state index is 13.5. The Morgan fingerprint density at radius 2 is 1.73 bits per heavy atom. The Hall–Kier alpha value is -3.59. The van der Waals surface area contributed by atoms with Gasteiger partial charge < -0.3 is 15.2 Å². The summed E-state index contributed by atoms with van der Waals surface area (Å²) in [5.74, 6) is -1.13. The molecule has 3 aromatic rings. The molecule has 0 aromatic heterocycles. The van der Waals surface area contributed by atoms with Crippen molar-refractivity contribution in [3.05, 3.63) is 77.6 Å². The number of rotatable bonds is 6. The molecule has 0 saturated heterocycles. The van der Waals surface area contributed by atoms with Gasteiger partial charge in [-0.3, -0.25) is 4.72 Å². The zero-order valence-corrected chi connectivity index (χ0v) is 17.0. The Labute approximate surface area is 173 Å². The van der Waals surface area contributed by atoms with E-state index in [1.54, 1.807) is 12.1 Å². The predicted octanol–water partition coefficient (Wildman–Crippen LogP) is 4.10. The molecular weight excluding hydrogens is 411 g/mol. The number of methoxy groups -OCH3 is 1. The Morgan fingerprint density at radius 3 is 2.40 bits per heavy atom. The van der Waals surface area contributed by atoms with E-state index in [9.17, 15) is 17.6 Å². The topological polar surface area (TPSA) is 108 Å². The van der Waals surface area contributed by atoms with Crippen LogP contribution in [0.3, 0.4) is 0 Å². The van der Waals surface area contributed by atoms with Crippen molar-refractivity contribution in [2.24, 2.45) is 0 Å². The molecule has 0 heterocycles. The first-order chi connectivity index (χ1) is 14.2. The van der Waals surface area contributed by atoms with Crippen molar-refractivity contribution in [2.45, 2.75) is 11.8 Å². The molecule has 0 unspecified atom stereocenters.